The minimum atomic E-state index is 0.0564. The molecule has 4 aliphatic heterocycles. The molecule has 4 aromatic rings. The summed E-state index contributed by atoms with van der Waals surface area (Å²) in [6.07, 6.45) is 2.14. The monoisotopic (exact) mass is 652 g/mol. The van der Waals surface area contributed by atoms with Crippen molar-refractivity contribution in [3.05, 3.63) is 67.4 Å². The third-order valence-corrected chi connectivity index (χ3v) is 12.8. The van der Waals surface area contributed by atoms with Crippen LogP contribution in [0.15, 0.2) is 67.7 Å². The van der Waals surface area contributed by atoms with Crippen molar-refractivity contribution in [3.8, 4) is 11.5 Å². The first-order chi connectivity index (χ1) is 20.6. The second-order valence-electron chi connectivity index (χ2n) is 9.57. The molecule has 7 nitrogen and oxygen atoms in total. The van der Waals surface area contributed by atoms with Gasteiger partial charge in [-0.2, -0.15) is 0 Å². The second-order valence-corrected chi connectivity index (χ2v) is 14.9. The van der Waals surface area contributed by atoms with Crippen LogP contribution >= 0.6 is 58.0 Å². The van der Waals surface area contributed by atoms with Gasteiger partial charge in [-0.3, -0.25) is 9.98 Å². The van der Waals surface area contributed by atoms with Crippen molar-refractivity contribution in [2.24, 2.45) is 9.98 Å². The summed E-state index contributed by atoms with van der Waals surface area (Å²) in [7, 11) is 3.43. The lowest BCUT2D eigenvalue weighted by molar-refractivity contribution is 0.339. The molecule has 8 rings (SSSR count). The topological polar surface area (TPSA) is 69.9 Å². The van der Waals surface area contributed by atoms with Gasteiger partial charge in [0, 0.05) is 38.2 Å². The molecule has 12 heteroatoms. The van der Waals surface area contributed by atoms with Crippen LogP contribution in [0.1, 0.15) is 9.75 Å². The fourth-order valence-corrected chi connectivity index (χ4v) is 10.8. The molecule has 4 aliphatic rings. The molecule has 0 unspecified atom stereocenters. The molecule has 0 saturated carbocycles. The number of fused-ring (bicyclic) bond motifs is 4. The van der Waals surface area contributed by atoms with Crippen molar-refractivity contribution in [3.63, 3.8) is 0 Å². The minimum Gasteiger partial charge on any atom is -0.496 e. The molecule has 6 heterocycles. The number of hydrogen-bond donors (Lipinski definition) is 1. The van der Waals surface area contributed by atoms with Crippen LogP contribution in [0.4, 0.5) is 0 Å². The molecule has 2 aromatic heterocycles. The van der Waals surface area contributed by atoms with Gasteiger partial charge in [-0.1, -0.05) is 23.9 Å². The van der Waals surface area contributed by atoms with Crippen LogP contribution in [0, 0.1) is 0 Å². The van der Waals surface area contributed by atoms with E-state index in [9.17, 15) is 5.11 Å². The van der Waals surface area contributed by atoms with Gasteiger partial charge in [0.25, 0.3) is 0 Å². The molecule has 216 valence electrons. The maximum absolute atomic E-state index is 9.65. The fourth-order valence-electron chi connectivity index (χ4n) is 5.40. The van der Waals surface area contributed by atoms with Gasteiger partial charge in [0.2, 0.25) is 0 Å². The van der Waals surface area contributed by atoms with E-state index < -0.39 is 0 Å². The summed E-state index contributed by atoms with van der Waals surface area (Å²) in [5.41, 5.74) is 2.44. The molecule has 0 aliphatic carbocycles. The number of nitrogens with zero attached hydrogens (tertiary/aromatic N) is 4. The van der Waals surface area contributed by atoms with E-state index in [1.165, 1.54) is 29.6 Å². The molecule has 0 amide bonds. The first kappa shape index (κ1) is 28.2. The number of rotatable bonds is 6. The molecule has 2 aromatic carbocycles. The quantitative estimate of drug-likeness (QED) is 0.233. The van der Waals surface area contributed by atoms with Gasteiger partial charge in [-0.25, -0.2) is 0 Å². The molecule has 1 N–H and O–H groups in total. The maximum atomic E-state index is 9.65. The smallest absolute Gasteiger partial charge is 0.169 e. The Bertz CT molecular complexity index is 1690. The summed E-state index contributed by atoms with van der Waals surface area (Å²) in [5.74, 6) is 1.84. The Kier molecular flexibility index (Phi) is 7.93. The number of aliphatic hydroxyl groups excluding tert-OH is 1. The highest BCUT2D eigenvalue weighted by Crippen LogP contribution is 2.49. The zero-order valence-corrected chi connectivity index (χ0v) is 27.3. The number of thiophene rings is 2. The average molecular weight is 653 g/mol. The van der Waals surface area contributed by atoms with E-state index in [0.29, 0.717) is 0 Å². The summed E-state index contributed by atoms with van der Waals surface area (Å²) in [6, 6.07) is 16.7. The normalized spacial score (nSPS) is 17.6. The molecule has 0 saturated heterocycles. The number of ether oxygens (including phenoxy) is 2. The lowest BCUT2D eigenvalue weighted by atomic mass is 10.2. The van der Waals surface area contributed by atoms with Crippen LogP contribution in [0.2, 0.25) is 0 Å². The van der Waals surface area contributed by atoms with Gasteiger partial charge in [0.15, 0.2) is 10.3 Å². The molecular weight excluding hydrogens is 625 g/mol. The highest BCUT2D eigenvalue weighted by Gasteiger charge is 2.35. The second kappa shape index (κ2) is 11.8. The van der Waals surface area contributed by atoms with E-state index in [2.05, 4.69) is 56.4 Å². The third kappa shape index (κ3) is 4.82. The van der Waals surface area contributed by atoms with Gasteiger partial charge in [0.05, 0.1) is 59.3 Å². The average Bonchev–Trinajstić information content (AvgIpc) is 3.84. The highest BCUT2D eigenvalue weighted by atomic mass is 32.2. The molecular formula is C30H28N4O3S5. The van der Waals surface area contributed by atoms with Gasteiger partial charge in [-0.15, -0.1) is 34.4 Å². The van der Waals surface area contributed by atoms with E-state index in [0.717, 1.165) is 68.9 Å². The lowest BCUT2D eigenvalue weighted by Crippen LogP contribution is -2.19. The number of amidine groups is 2. The number of thioether (sulfide) groups is 3. The van der Waals surface area contributed by atoms with Crippen LogP contribution in [0.5, 0.6) is 11.5 Å². The Morgan fingerprint density at radius 1 is 0.810 bits per heavy atom. The number of aliphatic imine (C=N–C) groups is 2. The van der Waals surface area contributed by atoms with E-state index in [1.54, 1.807) is 49.1 Å². The Morgan fingerprint density at radius 3 is 1.90 bits per heavy atom. The zero-order valence-electron chi connectivity index (χ0n) is 23.2. The largest absolute Gasteiger partial charge is 0.496 e. The fraction of sp³-hybridized carbons (Fsp3) is 0.267. The van der Waals surface area contributed by atoms with Gasteiger partial charge >= 0.3 is 0 Å². The van der Waals surface area contributed by atoms with E-state index >= 15 is 0 Å². The number of aliphatic hydroxyl groups is 1. The predicted octanol–water partition coefficient (Wildman–Crippen LogP) is 7.31. The summed E-state index contributed by atoms with van der Waals surface area (Å²) < 4.78 is 14.7. The first-order valence-electron chi connectivity index (χ1n) is 13.4. The summed E-state index contributed by atoms with van der Waals surface area (Å²) in [5, 5.41) is 14.1. The van der Waals surface area contributed by atoms with Gasteiger partial charge in [0.1, 0.15) is 11.5 Å². The molecule has 0 atom stereocenters. The van der Waals surface area contributed by atoms with Crippen LogP contribution in [0.25, 0.3) is 31.6 Å². The van der Waals surface area contributed by atoms with Crippen molar-refractivity contribution in [2.75, 3.05) is 53.3 Å². The molecule has 0 bridgehead atoms. The summed E-state index contributed by atoms with van der Waals surface area (Å²) in [6.45, 7) is 3.68. The van der Waals surface area contributed by atoms with Crippen LogP contribution in [-0.4, -0.2) is 78.5 Å². The minimum absolute atomic E-state index is 0.0564. The van der Waals surface area contributed by atoms with E-state index in [1.807, 2.05) is 41.3 Å². The Morgan fingerprint density at radius 2 is 1.36 bits per heavy atom. The zero-order chi connectivity index (χ0) is 28.8. The maximum Gasteiger partial charge on any atom is 0.169 e. The predicted molar refractivity (Wildman–Crippen MR) is 184 cm³/mol. The van der Waals surface area contributed by atoms with Crippen molar-refractivity contribution in [1.82, 2.24) is 9.80 Å². The summed E-state index contributed by atoms with van der Waals surface area (Å²) in [4.78, 5) is 17.1. The van der Waals surface area contributed by atoms with Crippen molar-refractivity contribution >= 4 is 99.9 Å². The van der Waals surface area contributed by atoms with Crippen molar-refractivity contribution in [2.45, 2.75) is 0 Å². The Balaban J connectivity index is 0.000000137. The number of benzene rings is 2. The molecule has 0 radical (unpaired) electrons. The van der Waals surface area contributed by atoms with Crippen LogP contribution < -0.4 is 9.47 Å². The lowest BCUT2D eigenvalue weighted by Gasteiger charge is -2.15. The Hall–Kier alpha value is -2.61. The van der Waals surface area contributed by atoms with Gasteiger partial charge in [-0.05, 0) is 54.4 Å². The number of methoxy groups -OCH3 is 2. The third-order valence-electron chi connectivity index (χ3n) is 7.28. The Labute approximate surface area is 265 Å². The van der Waals surface area contributed by atoms with E-state index in [4.69, 9.17) is 9.47 Å². The number of hydrogen-bond acceptors (Lipinski definition) is 12. The van der Waals surface area contributed by atoms with Crippen LogP contribution in [0.3, 0.4) is 0 Å². The molecule has 42 heavy (non-hydrogen) atoms. The molecule has 0 spiro atoms. The SMILES string of the molecule is COc1cccc2sc(C3=C(CO)SC4=NCCN43)cc12.COc1cccc2sc(C3=C(SC)SC4=NCCN43)cc12. The standard InChI is InChI=1S/C15H14N2O2S2.C15H14N2OS3/c1-19-10-3-2-4-11-9(10)7-12(20-11)14-13(8-18)21-15-16-5-6-17(14)15;1-18-10-4-3-5-11-9(10)8-12(20-11)13-14(19-2)21-15-16-6-7-17(13)15/h2-4,7,18H,5-6,8H2,1H3;3-5,8H,6-7H2,1-2H3. The first-order valence-corrected chi connectivity index (χ1v) is 17.9. The summed E-state index contributed by atoms with van der Waals surface area (Å²) >= 11 is 8.75. The van der Waals surface area contributed by atoms with Crippen molar-refractivity contribution in [1.29, 1.82) is 0 Å². The highest BCUT2D eigenvalue weighted by molar-refractivity contribution is 8.30. The van der Waals surface area contributed by atoms with E-state index in [-0.39, 0.29) is 6.61 Å². The molecule has 0 fully saturated rings. The van der Waals surface area contributed by atoms with Crippen molar-refractivity contribution < 1.29 is 14.6 Å². The van der Waals surface area contributed by atoms with Gasteiger partial charge < -0.3 is 24.4 Å². The van der Waals surface area contributed by atoms with Crippen LogP contribution in [-0.2, 0) is 0 Å².